The molecule has 1 aliphatic rings. The van der Waals surface area contributed by atoms with E-state index in [9.17, 15) is 0 Å². The molecule has 2 heteroatoms. The second-order valence-electron chi connectivity index (χ2n) is 4.18. The van der Waals surface area contributed by atoms with Gasteiger partial charge in [0, 0.05) is 12.8 Å². The van der Waals surface area contributed by atoms with Crippen molar-refractivity contribution in [1.29, 1.82) is 0 Å². The third kappa shape index (κ3) is 3.42. The quantitative estimate of drug-likeness (QED) is 0.582. The molecule has 2 nitrogen and oxygen atoms in total. The van der Waals surface area contributed by atoms with Crippen LogP contribution in [0.4, 0.5) is 0 Å². The maximum atomic E-state index is 5.33. The minimum absolute atomic E-state index is 0.335. The number of rotatable bonds is 4. The fourth-order valence-electron chi connectivity index (χ4n) is 1.77. The molecule has 0 aromatic heterocycles. The van der Waals surface area contributed by atoms with Crippen molar-refractivity contribution in [2.75, 3.05) is 6.79 Å². The molecule has 0 unspecified atom stereocenters. The van der Waals surface area contributed by atoms with E-state index in [1.807, 2.05) is 18.2 Å². The summed E-state index contributed by atoms with van der Waals surface area (Å²) >= 11 is 0. The number of unbranched alkanes of at least 4 members (excludes halogenated alkanes) is 3. The van der Waals surface area contributed by atoms with Gasteiger partial charge in [-0.05, 0) is 24.1 Å². The lowest BCUT2D eigenvalue weighted by molar-refractivity contribution is 0.174. The zero-order valence-corrected chi connectivity index (χ0v) is 10.3. The smallest absolute Gasteiger partial charge is 0.231 e. The van der Waals surface area contributed by atoms with Gasteiger partial charge < -0.3 is 9.47 Å². The lowest BCUT2D eigenvalue weighted by Crippen LogP contribution is -1.92. The Hall–Kier alpha value is -1.62. The van der Waals surface area contributed by atoms with E-state index >= 15 is 0 Å². The van der Waals surface area contributed by atoms with Crippen molar-refractivity contribution in [2.24, 2.45) is 0 Å². The van der Waals surface area contributed by atoms with Crippen molar-refractivity contribution >= 4 is 0 Å². The van der Waals surface area contributed by atoms with Crippen molar-refractivity contribution < 1.29 is 9.47 Å². The second kappa shape index (κ2) is 6.20. The van der Waals surface area contributed by atoms with Crippen molar-refractivity contribution in [1.82, 2.24) is 0 Å². The molecule has 1 aromatic carbocycles. The zero-order chi connectivity index (χ0) is 11.9. The Kier molecular flexibility index (Phi) is 4.32. The molecule has 0 N–H and O–H groups in total. The van der Waals surface area contributed by atoms with Gasteiger partial charge in [-0.15, -0.1) is 5.92 Å². The minimum Gasteiger partial charge on any atom is -0.454 e. The molecule has 17 heavy (non-hydrogen) atoms. The van der Waals surface area contributed by atoms with Crippen LogP contribution in [0, 0.1) is 11.8 Å². The van der Waals surface area contributed by atoms with Crippen LogP contribution in [0.15, 0.2) is 18.2 Å². The molecule has 0 spiro atoms. The molecule has 0 atom stereocenters. The third-order valence-corrected chi connectivity index (χ3v) is 2.76. The maximum absolute atomic E-state index is 5.33. The van der Waals surface area contributed by atoms with Gasteiger partial charge in [-0.3, -0.25) is 0 Å². The maximum Gasteiger partial charge on any atom is 0.231 e. The first-order valence-corrected chi connectivity index (χ1v) is 6.24. The zero-order valence-electron chi connectivity index (χ0n) is 10.3. The van der Waals surface area contributed by atoms with E-state index < -0.39 is 0 Å². The predicted octanol–water partition coefficient (Wildman–Crippen LogP) is 3.54. The highest BCUT2D eigenvalue weighted by Gasteiger charge is 2.12. The number of hydrogen-bond donors (Lipinski definition) is 0. The molecular formula is C15H18O2. The highest BCUT2D eigenvalue weighted by molar-refractivity contribution is 5.45. The van der Waals surface area contributed by atoms with Crippen LogP contribution in [0.5, 0.6) is 11.5 Å². The fourth-order valence-corrected chi connectivity index (χ4v) is 1.77. The summed E-state index contributed by atoms with van der Waals surface area (Å²) in [6, 6.07) is 6.02. The van der Waals surface area contributed by atoms with Crippen LogP contribution >= 0.6 is 0 Å². The minimum atomic E-state index is 0.335. The first kappa shape index (κ1) is 11.9. The lowest BCUT2D eigenvalue weighted by Gasteiger charge is -1.98. The molecular weight excluding hydrogens is 212 g/mol. The summed E-state index contributed by atoms with van der Waals surface area (Å²) in [7, 11) is 0. The van der Waals surface area contributed by atoms with Gasteiger partial charge in [0.2, 0.25) is 6.79 Å². The molecule has 0 aliphatic carbocycles. The molecule has 1 heterocycles. The summed E-state index contributed by atoms with van der Waals surface area (Å²) < 4.78 is 10.6. The monoisotopic (exact) mass is 230 g/mol. The summed E-state index contributed by atoms with van der Waals surface area (Å²) in [5, 5.41) is 0. The standard InChI is InChI=1S/C15H18O2/c1-2-3-4-5-6-7-8-13-9-10-14-15(11-13)17-12-16-14/h9-11H,2-5,8,12H2,1H3. The molecule has 0 saturated heterocycles. The van der Waals surface area contributed by atoms with Crippen molar-refractivity contribution in [3.63, 3.8) is 0 Å². The van der Waals surface area contributed by atoms with Gasteiger partial charge in [-0.25, -0.2) is 0 Å². The van der Waals surface area contributed by atoms with E-state index in [1.54, 1.807) is 0 Å². The number of benzene rings is 1. The van der Waals surface area contributed by atoms with E-state index in [0.29, 0.717) is 6.79 Å². The molecule has 1 aromatic rings. The third-order valence-electron chi connectivity index (χ3n) is 2.76. The Balaban J connectivity index is 1.83. The predicted molar refractivity (Wildman–Crippen MR) is 68.2 cm³/mol. The van der Waals surface area contributed by atoms with Crippen molar-refractivity contribution in [3.8, 4) is 23.3 Å². The van der Waals surface area contributed by atoms with Gasteiger partial charge in [0.1, 0.15) is 0 Å². The van der Waals surface area contributed by atoms with Crippen LogP contribution in [-0.4, -0.2) is 6.79 Å². The first-order valence-electron chi connectivity index (χ1n) is 6.24. The average molecular weight is 230 g/mol. The molecule has 0 amide bonds. The van der Waals surface area contributed by atoms with Crippen LogP contribution in [0.2, 0.25) is 0 Å². The summed E-state index contributed by atoms with van der Waals surface area (Å²) in [4.78, 5) is 0. The fraction of sp³-hybridized carbons (Fsp3) is 0.467. The average Bonchev–Trinajstić information content (AvgIpc) is 2.81. The molecule has 1 aliphatic heterocycles. The van der Waals surface area contributed by atoms with Gasteiger partial charge in [0.15, 0.2) is 11.5 Å². The van der Waals surface area contributed by atoms with Crippen molar-refractivity contribution in [3.05, 3.63) is 23.8 Å². The van der Waals surface area contributed by atoms with Crippen LogP contribution in [0.1, 0.15) is 38.2 Å². The summed E-state index contributed by atoms with van der Waals surface area (Å²) in [5.74, 6) is 8.10. The van der Waals surface area contributed by atoms with Gasteiger partial charge in [0.25, 0.3) is 0 Å². The van der Waals surface area contributed by atoms with E-state index in [-0.39, 0.29) is 0 Å². The van der Waals surface area contributed by atoms with Crippen LogP contribution < -0.4 is 9.47 Å². The van der Waals surface area contributed by atoms with Gasteiger partial charge >= 0.3 is 0 Å². The summed E-state index contributed by atoms with van der Waals surface area (Å²) in [6.07, 6.45) is 5.55. The SMILES string of the molecule is CCCCCC#CCc1ccc2c(c1)OCO2. The summed E-state index contributed by atoms with van der Waals surface area (Å²) in [5.41, 5.74) is 1.19. The normalized spacial score (nSPS) is 12.1. The van der Waals surface area contributed by atoms with Gasteiger partial charge in [0.05, 0.1) is 0 Å². The highest BCUT2D eigenvalue weighted by atomic mass is 16.7. The second-order valence-corrected chi connectivity index (χ2v) is 4.18. The number of hydrogen-bond acceptors (Lipinski definition) is 2. The Morgan fingerprint density at radius 2 is 2.00 bits per heavy atom. The van der Waals surface area contributed by atoms with Crippen molar-refractivity contribution in [2.45, 2.75) is 39.0 Å². The molecule has 0 bridgehead atoms. The van der Waals surface area contributed by atoms with Gasteiger partial charge in [-0.1, -0.05) is 31.8 Å². The number of fused-ring (bicyclic) bond motifs is 1. The molecule has 90 valence electrons. The lowest BCUT2D eigenvalue weighted by atomic mass is 10.1. The van der Waals surface area contributed by atoms with Crippen LogP contribution in [-0.2, 0) is 6.42 Å². The Morgan fingerprint density at radius 1 is 1.12 bits per heavy atom. The van der Waals surface area contributed by atoms with E-state index in [0.717, 1.165) is 24.3 Å². The Morgan fingerprint density at radius 3 is 2.88 bits per heavy atom. The Bertz CT molecular complexity index is 426. The van der Waals surface area contributed by atoms with Crippen LogP contribution in [0.25, 0.3) is 0 Å². The molecule has 0 fully saturated rings. The topological polar surface area (TPSA) is 18.5 Å². The van der Waals surface area contributed by atoms with Crippen LogP contribution in [0.3, 0.4) is 0 Å². The van der Waals surface area contributed by atoms with Gasteiger partial charge in [-0.2, -0.15) is 0 Å². The Labute approximate surface area is 103 Å². The molecule has 0 radical (unpaired) electrons. The highest BCUT2D eigenvalue weighted by Crippen LogP contribution is 2.32. The first-order chi connectivity index (χ1) is 8.40. The largest absolute Gasteiger partial charge is 0.454 e. The van der Waals surface area contributed by atoms with E-state index in [4.69, 9.17) is 9.47 Å². The van der Waals surface area contributed by atoms with E-state index in [1.165, 1.54) is 24.8 Å². The summed E-state index contributed by atoms with van der Waals surface area (Å²) in [6.45, 7) is 2.54. The molecule has 2 rings (SSSR count). The number of ether oxygens (including phenoxy) is 2. The van der Waals surface area contributed by atoms with E-state index in [2.05, 4.69) is 18.8 Å². The molecule has 0 saturated carbocycles.